The van der Waals surface area contributed by atoms with Crippen LogP contribution in [0.4, 0.5) is 0 Å². The molecule has 0 bridgehead atoms. The molecule has 2 N–H and O–H groups in total. The van der Waals surface area contributed by atoms with Crippen LogP contribution in [0.5, 0.6) is 0 Å². The van der Waals surface area contributed by atoms with Crippen LogP contribution in [0.25, 0.3) is 0 Å². The fourth-order valence-corrected chi connectivity index (χ4v) is 1.56. The van der Waals surface area contributed by atoms with E-state index in [4.69, 9.17) is 5.11 Å². The highest BCUT2D eigenvalue weighted by Gasteiger charge is 2.39. The Morgan fingerprint density at radius 1 is 1.27 bits per heavy atom. The Hall–Kier alpha value is -1.10. The average molecular weight is 215 g/mol. The fraction of sp³-hybridized carbons (Fsp3) is 0.800. The van der Waals surface area contributed by atoms with Crippen molar-refractivity contribution in [2.75, 3.05) is 13.1 Å². The quantitative estimate of drug-likeness (QED) is 0.639. The molecule has 5 heteroatoms. The smallest absolute Gasteiger partial charge is 0.318 e. The van der Waals surface area contributed by atoms with E-state index in [1.165, 1.54) is 18.7 Å². The number of carboxylic acid groups (broad SMARTS) is 1. The molecular formula is C10H17NO4. The monoisotopic (exact) mass is 215 g/mol. The molecule has 0 unspecified atom stereocenters. The zero-order chi connectivity index (χ0) is 11.6. The molecule has 0 atom stereocenters. The second-order valence-electron chi connectivity index (χ2n) is 4.45. The lowest BCUT2D eigenvalue weighted by atomic mass is 9.91. The summed E-state index contributed by atoms with van der Waals surface area (Å²) in [5, 5.41) is 18.2. The molecule has 0 aromatic carbocycles. The van der Waals surface area contributed by atoms with Crippen molar-refractivity contribution in [3.63, 3.8) is 0 Å². The van der Waals surface area contributed by atoms with Gasteiger partial charge in [0.15, 0.2) is 0 Å². The first-order valence-corrected chi connectivity index (χ1v) is 5.06. The molecule has 0 aromatic rings. The Balaban J connectivity index is 2.65. The van der Waals surface area contributed by atoms with Crippen LogP contribution in [0, 0.1) is 5.41 Å². The minimum absolute atomic E-state index is 0.359. The van der Waals surface area contributed by atoms with Crippen LogP contribution in [-0.2, 0) is 9.59 Å². The van der Waals surface area contributed by atoms with E-state index in [-0.39, 0.29) is 12.0 Å². The number of carboxylic acids is 1. The van der Waals surface area contributed by atoms with Gasteiger partial charge in [-0.05, 0) is 26.7 Å². The summed E-state index contributed by atoms with van der Waals surface area (Å²) in [4.78, 5) is 24.2. The molecule has 0 aromatic heterocycles. The molecule has 1 aliphatic heterocycles. The van der Waals surface area contributed by atoms with Gasteiger partial charge in [0.05, 0.1) is 6.10 Å². The summed E-state index contributed by atoms with van der Waals surface area (Å²) in [5.41, 5.74) is -1.37. The zero-order valence-corrected chi connectivity index (χ0v) is 9.06. The lowest BCUT2D eigenvalue weighted by Crippen LogP contribution is -2.48. The highest BCUT2D eigenvalue weighted by atomic mass is 16.4. The minimum Gasteiger partial charge on any atom is -0.480 e. The van der Waals surface area contributed by atoms with Crippen LogP contribution in [0.15, 0.2) is 0 Å². The number of carbonyl (C=O) groups is 2. The molecular weight excluding hydrogens is 198 g/mol. The van der Waals surface area contributed by atoms with E-state index in [0.29, 0.717) is 25.9 Å². The van der Waals surface area contributed by atoms with Crippen molar-refractivity contribution in [3.05, 3.63) is 0 Å². The van der Waals surface area contributed by atoms with E-state index in [1.54, 1.807) is 0 Å². The first-order chi connectivity index (χ1) is 6.85. The molecule has 1 saturated heterocycles. The third-order valence-corrected chi connectivity index (χ3v) is 2.82. The number of piperidine rings is 1. The molecule has 5 nitrogen and oxygen atoms in total. The van der Waals surface area contributed by atoms with Crippen LogP contribution >= 0.6 is 0 Å². The summed E-state index contributed by atoms with van der Waals surface area (Å²) in [6.45, 7) is 3.69. The van der Waals surface area contributed by atoms with Gasteiger partial charge in [-0.2, -0.15) is 0 Å². The van der Waals surface area contributed by atoms with E-state index in [2.05, 4.69) is 0 Å². The number of nitrogens with zero attached hydrogens (tertiary/aromatic N) is 1. The third kappa shape index (κ3) is 2.47. The van der Waals surface area contributed by atoms with Crippen LogP contribution in [0.1, 0.15) is 26.7 Å². The lowest BCUT2D eigenvalue weighted by molar-refractivity contribution is -0.159. The van der Waals surface area contributed by atoms with Gasteiger partial charge in [-0.15, -0.1) is 0 Å². The Kier molecular flexibility index (Phi) is 3.34. The number of hydrogen-bond acceptors (Lipinski definition) is 3. The Labute approximate surface area is 88.7 Å². The van der Waals surface area contributed by atoms with Crippen LogP contribution in [-0.4, -0.2) is 46.2 Å². The number of hydrogen-bond donors (Lipinski definition) is 2. The maximum absolute atomic E-state index is 11.8. The summed E-state index contributed by atoms with van der Waals surface area (Å²) in [7, 11) is 0. The highest BCUT2D eigenvalue weighted by Crippen LogP contribution is 2.22. The van der Waals surface area contributed by atoms with E-state index in [1.807, 2.05) is 0 Å². The molecule has 1 fully saturated rings. The molecule has 1 rings (SSSR count). The van der Waals surface area contributed by atoms with Gasteiger partial charge in [0.2, 0.25) is 5.91 Å². The van der Waals surface area contributed by atoms with E-state index in [0.717, 1.165) is 0 Å². The van der Waals surface area contributed by atoms with E-state index >= 15 is 0 Å². The second kappa shape index (κ2) is 4.18. The number of aliphatic carboxylic acids is 1. The standard InChI is InChI=1S/C10H17NO4/c1-10(2,9(14)15)8(13)11-5-3-7(12)4-6-11/h7,12H,3-6H2,1-2H3,(H,14,15). The number of carbonyl (C=O) groups excluding carboxylic acids is 1. The first-order valence-electron chi connectivity index (χ1n) is 5.06. The molecule has 1 aliphatic rings. The average Bonchev–Trinajstić information content (AvgIpc) is 2.17. The van der Waals surface area contributed by atoms with Crippen molar-refractivity contribution < 1.29 is 19.8 Å². The summed E-state index contributed by atoms with van der Waals surface area (Å²) in [6, 6.07) is 0. The van der Waals surface area contributed by atoms with Gasteiger partial charge in [-0.25, -0.2) is 0 Å². The van der Waals surface area contributed by atoms with Crippen molar-refractivity contribution in [1.82, 2.24) is 4.90 Å². The molecule has 0 saturated carbocycles. The SMILES string of the molecule is CC(C)(C(=O)O)C(=O)N1CCC(O)CC1. The predicted octanol–water partition coefficient (Wildman–Crippen LogP) is 0.0805. The Bertz CT molecular complexity index is 267. The van der Waals surface area contributed by atoms with Crippen molar-refractivity contribution in [2.24, 2.45) is 5.41 Å². The van der Waals surface area contributed by atoms with E-state index in [9.17, 15) is 14.7 Å². The molecule has 0 aliphatic carbocycles. The summed E-state index contributed by atoms with van der Waals surface area (Å²) >= 11 is 0. The molecule has 0 radical (unpaired) electrons. The van der Waals surface area contributed by atoms with Crippen molar-refractivity contribution in [2.45, 2.75) is 32.8 Å². The highest BCUT2D eigenvalue weighted by molar-refractivity contribution is 6.01. The third-order valence-electron chi connectivity index (χ3n) is 2.82. The Morgan fingerprint density at radius 3 is 2.13 bits per heavy atom. The van der Waals surface area contributed by atoms with E-state index < -0.39 is 11.4 Å². The maximum Gasteiger partial charge on any atom is 0.318 e. The maximum atomic E-state index is 11.8. The van der Waals surface area contributed by atoms with Gasteiger partial charge < -0.3 is 15.1 Å². The summed E-state index contributed by atoms with van der Waals surface area (Å²) in [5.74, 6) is -1.49. The summed E-state index contributed by atoms with van der Waals surface area (Å²) in [6.07, 6.45) is 0.699. The Morgan fingerprint density at radius 2 is 1.73 bits per heavy atom. The topological polar surface area (TPSA) is 77.8 Å². The van der Waals surface area contributed by atoms with Gasteiger partial charge in [0.1, 0.15) is 5.41 Å². The molecule has 15 heavy (non-hydrogen) atoms. The lowest BCUT2D eigenvalue weighted by Gasteiger charge is -2.33. The fourth-order valence-electron chi connectivity index (χ4n) is 1.56. The predicted molar refractivity (Wildman–Crippen MR) is 53.2 cm³/mol. The van der Waals surface area contributed by atoms with Crippen LogP contribution in [0.3, 0.4) is 0 Å². The van der Waals surface area contributed by atoms with Crippen molar-refractivity contribution >= 4 is 11.9 Å². The molecule has 1 heterocycles. The van der Waals surface area contributed by atoms with Gasteiger partial charge in [0.25, 0.3) is 0 Å². The zero-order valence-electron chi connectivity index (χ0n) is 9.06. The van der Waals surface area contributed by atoms with Gasteiger partial charge in [-0.3, -0.25) is 9.59 Å². The van der Waals surface area contributed by atoms with Gasteiger partial charge in [-0.1, -0.05) is 0 Å². The van der Waals surface area contributed by atoms with Crippen LogP contribution in [0.2, 0.25) is 0 Å². The first kappa shape index (κ1) is 12.0. The number of amides is 1. The van der Waals surface area contributed by atoms with Gasteiger partial charge in [0, 0.05) is 13.1 Å². The number of likely N-dealkylation sites (tertiary alicyclic amines) is 1. The molecule has 1 amide bonds. The minimum atomic E-state index is -1.37. The largest absolute Gasteiger partial charge is 0.480 e. The summed E-state index contributed by atoms with van der Waals surface area (Å²) < 4.78 is 0. The number of rotatable bonds is 2. The van der Waals surface area contributed by atoms with Crippen molar-refractivity contribution in [3.8, 4) is 0 Å². The van der Waals surface area contributed by atoms with Crippen LogP contribution < -0.4 is 0 Å². The number of aliphatic hydroxyl groups excluding tert-OH is 1. The number of aliphatic hydroxyl groups is 1. The normalized spacial score (nSPS) is 19.0. The van der Waals surface area contributed by atoms with Gasteiger partial charge >= 0.3 is 5.97 Å². The molecule has 0 spiro atoms. The molecule has 86 valence electrons. The van der Waals surface area contributed by atoms with Crippen molar-refractivity contribution in [1.29, 1.82) is 0 Å². The second-order valence-corrected chi connectivity index (χ2v) is 4.45.